The van der Waals surface area contributed by atoms with Crippen molar-refractivity contribution in [1.82, 2.24) is 9.13 Å². The topological polar surface area (TPSA) is 23.0 Å². The molecule has 8 aromatic carbocycles. The van der Waals surface area contributed by atoms with Gasteiger partial charge in [-0.15, -0.1) is 0 Å². The standard InChI is InChI=1S/C48H30N2O/c1-2-12-31(13-3-1)32-14-10-16-35(26-32)49-43-21-7-4-18-37(43)40-29-41-38-19-5-8-22-44(38)50(46(41)30-45(40)49)36-17-11-15-33(27-36)34-24-25-48-42(28-34)39-20-6-9-23-47(39)51-48/h1-30H. The van der Waals surface area contributed by atoms with E-state index in [-0.39, 0.29) is 0 Å². The predicted octanol–water partition coefficient (Wildman–Crippen LogP) is 13.1. The Hall–Kier alpha value is -6.84. The molecule has 3 nitrogen and oxygen atoms in total. The molecule has 0 unspecified atom stereocenters. The van der Waals surface area contributed by atoms with Crippen molar-refractivity contribution in [3.8, 4) is 33.6 Å². The zero-order valence-electron chi connectivity index (χ0n) is 27.6. The summed E-state index contributed by atoms with van der Waals surface area (Å²) in [6, 6.07) is 65.6. The fourth-order valence-electron chi connectivity index (χ4n) is 8.17. The van der Waals surface area contributed by atoms with Crippen LogP contribution in [-0.4, -0.2) is 9.13 Å². The summed E-state index contributed by atoms with van der Waals surface area (Å²) in [5.41, 5.74) is 13.6. The molecule has 3 aromatic heterocycles. The SMILES string of the molecule is c1ccc(-c2cccc(-n3c4ccccc4c4cc5c6ccccc6n(-c6cccc(-c7ccc8oc9ccccc9c8c7)c6)c5cc43)c2)cc1. The van der Waals surface area contributed by atoms with Crippen LogP contribution in [0.15, 0.2) is 186 Å². The average molecular weight is 651 g/mol. The van der Waals surface area contributed by atoms with E-state index in [1.54, 1.807) is 0 Å². The highest BCUT2D eigenvalue weighted by molar-refractivity contribution is 6.19. The summed E-state index contributed by atoms with van der Waals surface area (Å²) in [5, 5.41) is 7.27. The van der Waals surface area contributed by atoms with E-state index in [0.717, 1.165) is 38.9 Å². The van der Waals surface area contributed by atoms with Crippen molar-refractivity contribution in [2.24, 2.45) is 0 Å². The van der Waals surface area contributed by atoms with Gasteiger partial charge in [0.1, 0.15) is 11.2 Å². The van der Waals surface area contributed by atoms with E-state index in [4.69, 9.17) is 4.42 Å². The molecular formula is C48H30N2O. The lowest BCUT2D eigenvalue weighted by Gasteiger charge is -2.12. The van der Waals surface area contributed by atoms with E-state index in [1.807, 2.05) is 12.1 Å². The minimum Gasteiger partial charge on any atom is -0.456 e. The van der Waals surface area contributed by atoms with E-state index in [0.29, 0.717) is 0 Å². The monoisotopic (exact) mass is 650 g/mol. The largest absolute Gasteiger partial charge is 0.456 e. The zero-order valence-corrected chi connectivity index (χ0v) is 27.6. The Kier molecular flexibility index (Phi) is 5.96. The summed E-state index contributed by atoms with van der Waals surface area (Å²) >= 11 is 0. The second kappa shape index (κ2) is 10.8. The van der Waals surface area contributed by atoms with Crippen LogP contribution in [0.2, 0.25) is 0 Å². The molecule has 0 saturated heterocycles. The van der Waals surface area contributed by atoms with Gasteiger partial charge in [-0.1, -0.05) is 115 Å². The number of aromatic nitrogens is 2. The number of rotatable bonds is 4. The van der Waals surface area contributed by atoms with Crippen LogP contribution in [0.25, 0.3) is 99.2 Å². The fraction of sp³-hybridized carbons (Fsp3) is 0. The van der Waals surface area contributed by atoms with Gasteiger partial charge in [-0.2, -0.15) is 0 Å². The molecule has 0 aliphatic rings. The van der Waals surface area contributed by atoms with Crippen LogP contribution >= 0.6 is 0 Å². The van der Waals surface area contributed by atoms with Crippen molar-refractivity contribution >= 4 is 65.6 Å². The minimum absolute atomic E-state index is 0.909. The maximum absolute atomic E-state index is 6.14. The molecule has 0 aliphatic heterocycles. The summed E-state index contributed by atoms with van der Waals surface area (Å²) in [6.45, 7) is 0. The Bertz CT molecular complexity index is 3140. The van der Waals surface area contributed by atoms with Crippen molar-refractivity contribution in [1.29, 1.82) is 0 Å². The van der Waals surface area contributed by atoms with E-state index in [9.17, 15) is 0 Å². The highest BCUT2D eigenvalue weighted by Crippen LogP contribution is 2.41. The summed E-state index contributed by atoms with van der Waals surface area (Å²) < 4.78 is 11.0. The maximum atomic E-state index is 6.14. The lowest BCUT2D eigenvalue weighted by Crippen LogP contribution is -1.96. The quantitative estimate of drug-likeness (QED) is 0.186. The van der Waals surface area contributed by atoms with E-state index in [2.05, 4.69) is 179 Å². The van der Waals surface area contributed by atoms with Crippen LogP contribution in [-0.2, 0) is 0 Å². The normalized spacial score (nSPS) is 11.9. The summed E-state index contributed by atoms with van der Waals surface area (Å²) in [7, 11) is 0. The van der Waals surface area contributed by atoms with Gasteiger partial charge in [-0.3, -0.25) is 0 Å². The van der Waals surface area contributed by atoms with Crippen molar-refractivity contribution in [2.75, 3.05) is 0 Å². The zero-order chi connectivity index (χ0) is 33.5. The van der Waals surface area contributed by atoms with Gasteiger partial charge in [0.15, 0.2) is 0 Å². The van der Waals surface area contributed by atoms with Gasteiger partial charge < -0.3 is 13.6 Å². The van der Waals surface area contributed by atoms with Gasteiger partial charge in [-0.25, -0.2) is 0 Å². The second-order valence-electron chi connectivity index (χ2n) is 13.4. The second-order valence-corrected chi connectivity index (χ2v) is 13.4. The number of nitrogens with zero attached hydrogens (tertiary/aromatic N) is 2. The molecule has 0 spiro atoms. The number of hydrogen-bond acceptors (Lipinski definition) is 1. The van der Waals surface area contributed by atoms with Crippen molar-refractivity contribution in [3.63, 3.8) is 0 Å². The summed E-state index contributed by atoms with van der Waals surface area (Å²) in [4.78, 5) is 0. The Balaban J connectivity index is 1.15. The third-order valence-electron chi connectivity index (χ3n) is 10.5. The van der Waals surface area contributed by atoms with Crippen LogP contribution in [0.5, 0.6) is 0 Å². The third kappa shape index (κ3) is 4.25. The molecule has 0 radical (unpaired) electrons. The first-order valence-corrected chi connectivity index (χ1v) is 17.4. The molecule has 0 aliphatic carbocycles. The molecule has 0 bridgehead atoms. The molecule has 3 heterocycles. The lowest BCUT2D eigenvalue weighted by atomic mass is 10.0. The predicted molar refractivity (Wildman–Crippen MR) is 213 cm³/mol. The van der Waals surface area contributed by atoms with Crippen molar-refractivity contribution in [3.05, 3.63) is 182 Å². The molecule has 238 valence electrons. The molecule has 0 saturated carbocycles. The number of furan rings is 1. The first-order valence-electron chi connectivity index (χ1n) is 17.4. The average Bonchev–Trinajstić information content (AvgIpc) is 3.84. The van der Waals surface area contributed by atoms with E-state index >= 15 is 0 Å². The highest BCUT2D eigenvalue weighted by Gasteiger charge is 2.19. The van der Waals surface area contributed by atoms with Gasteiger partial charge in [0.2, 0.25) is 0 Å². The minimum atomic E-state index is 0.909. The molecule has 0 fully saturated rings. The van der Waals surface area contributed by atoms with E-state index < -0.39 is 0 Å². The van der Waals surface area contributed by atoms with Gasteiger partial charge in [-0.05, 0) is 89.0 Å². The Morgan fingerprint density at radius 1 is 0.275 bits per heavy atom. The number of benzene rings is 8. The smallest absolute Gasteiger partial charge is 0.135 e. The van der Waals surface area contributed by atoms with Crippen LogP contribution < -0.4 is 0 Å². The van der Waals surface area contributed by atoms with E-state index in [1.165, 1.54) is 60.3 Å². The highest BCUT2D eigenvalue weighted by atomic mass is 16.3. The third-order valence-corrected chi connectivity index (χ3v) is 10.5. The molecule has 0 N–H and O–H groups in total. The number of fused-ring (bicyclic) bond motifs is 9. The molecule has 51 heavy (non-hydrogen) atoms. The Labute approximate surface area is 293 Å². The number of hydrogen-bond donors (Lipinski definition) is 0. The van der Waals surface area contributed by atoms with Gasteiger partial charge >= 0.3 is 0 Å². The Morgan fingerprint density at radius 3 is 1.45 bits per heavy atom. The van der Waals surface area contributed by atoms with Gasteiger partial charge in [0.05, 0.1) is 22.1 Å². The fourth-order valence-corrected chi connectivity index (χ4v) is 8.17. The molecule has 0 amide bonds. The van der Waals surface area contributed by atoms with Crippen LogP contribution in [0.4, 0.5) is 0 Å². The van der Waals surface area contributed by atoms with Crippen LogP contribution in [0.3, 0.4) is 0 Å². The molecule has 11 rings (SSSR count). The first-order chi connectivity index (χ1) is 25.3. The lowest BCUT2D eigenvalue weighted by molar-refractivity contribution is 0.669. The first kappa shape index (κ1) is 28.0. The van der Waals surface area contributed by atoms with Crippen LogP contribution in [0, 0.1) is 0 Å². The van der Waals surface area contributed by atoms with Crippen molar-refractivity contribution < 1.29 is 4.42 Å². The molecule has 0 atom stereocenters. The summed E-state index contributed by atoms with van der Waals surface area (Å²) in [5.74, 6) is 0. The van der Waals surface area contributed by atoms with Gasteiger partial charge in [0.25, 0.3) is 0 Å². The van der Waals surface area contributed by atoms with Crippen LogP contribution in [0.1, 0.15) is 0 Å². The maximum Gasteiger partial charge on any atom is 0.135 e. The van der Waals surface area contributed by atoms with Gasteiger partial charge in [0, 0.05) is 43.7 Å². The molecule has 3 heteroatoms. The van der Waals surface area contributed by atoms with Crippen molar-refractivity contribution in [2.45, 2.75) is 0 Å². The Morgan fingerprint density at radius 2 is 0.784 bits per heavy atom. The molecular weight excluding hydrogens is 621 g/mol. The number of para-hydroxylation sites is 3. The summed E-state index contributed by atoms with van der Waals surface area (Å²) in [6.07, 6.45) is 0. The molecule has 11 aromatic rings.